The van der Waals surface area contributed by atoms with Crippen LogP contribution in [-0.4, -0.2) is 36.6 Å². The highest BCUT2D eigenvalue weighted by Crippen LogP contribution is 2.39. The Kier molecular flexibility index (Phi) is 4.92. The van der Waals surface area contributed by atoms with Gasteiger partial charge in [-0.3, -0.25) is 4.79 Å². The van der Waals surface area contributed by atoms with Gasteiger partial charge in [0.05, 0.1) is 25.3 Å². The van der Waals surface area contributed by atoms with Gasteiger partial charge in [-0.15, -0.1) is 0 Å². The maximum atomic E-state index is 12.9. The predicted molar refractivity (Wildman–Crippen MR) is 93.4 cm³/mol. The van der Waals surface area contributed by atoms with E-state index < -0.39 is 0 Å². The number of carbonyl (C=O) groups is 1. The fourth-order valence-corrected chi connectivity index (χ4v) is 3.42. The number of carbonyl (C=O) groups excluding carboxylic acids is 1. The van der Waals surface area contributed by atoms with Crippen LogP contribution in [0.2, 0.25) is 10.2 Å². The topological polar surface area (TPSA) is 54.6 Å². The third-order valence-electron chi connectivity index (χ3n) is 4.27. The van der Waals surface area contributed by atoms with E-state index in [2.05, 4.69) is 4.98 Å². The molecule has 1 saturated heterocycles. The van der Waals surface area contributed by atoms with Crippen LogP contribution in [0.3, 0.4) is 0 Å². The molecule has 1 aliphatic heterocycles. The summed E-state index contributed by atoms with van der Waals surface area (Å²) < 4.78 is 10.8. The average Bonchev–Trinajstić information content (AvgIpc) is 3.21. The Morgan fingerprint density at radius 3 is 2.67 bits per heavy atom. The zero-order chi connectivity index (χ0) is 17.3. The van der Waals surface area contributed by atoms with Crippen molar-refractivity contribution in [2.45, 2.75) is 18.9 Å². The SMILES string of the molecule is COc1ccc(OC)c(C2CCCN2C(=O)c2cc(Cl)c(Cl)[nH]2)c1. The van der Waals surface area contributed by atoms with Crippen LogP contribution in [0.1, 0.15) is 34.9 Å². The molecule has 7 heteroatoms. The zero-order valence-electron chi connectivity index (χ0n) is 13.4. The van der Waals surface area contributed by atoms with Gasteiger partial charge >= 0.3 is 0 Å². The summed E-state index contributed by atoms with van der Waals surface area (Å²) in [6.45, 7) is 0.665. The third-order valence-corrected chi connectivity index (χ3v) is 4.96. The van der Waals surface area contributed by atoms with Crippen molar-refractivity contribution in [1.82, 2.24) is 9.88 Å². The summed E-state index contributed by atoms with van der Waals surface area (Å²) in [6, 6.07) is 7.10. The fraction of sp³-hybridized carbons (Fsp3) is 0.353. The number of ether oxygens (including phenoxy) is 2. The Balaban J connectivity index is 1.94. The van der Waals surface area contributed by atoms with Crippen LogP contribution in [0.15, 0.2) is 24.3 Å². The number of rotatable bonds is 4. The van der Waals surface area contributed by atoms with E-state index >= 15 is 0 Å². The minimum Gasteiger partial charge on any atom is -0.497 e. The lowest BCUT2D eigenvalue weighted by atomic mass is 10.0. The molecule has 0 spiro atoms. The first-order valence-electron chi connectivity index (χ1n) is 7.62. The van der Waals surface area contributed by atoms with Gasteiger partial charge in [-0.2, -0.15) is 0 Å². The van der Waals surface area contributed by atoms with E-state index in [1.165, 1.54) is 0 Å². The van der Waals surface area contributed by atoms with Crippen LogP contribution in [0.4, 0.5) is 0 Å². The van der Waals surface area contributed by atoms with Crippen molar-refractivity contribution in [3.63, 3.8) is 0 Å². The molecule has 1 aliphatic rings. The molecule has 0 aliphatic carbocycles. The quantitative estimate of drug-likeness (QED) is 0.874. The lowest BCUT2D eigenvalue weighted by Crippen LogP contribution is -2.31. The Morgan fingerprint density at radius 1 is 1.25 bits per heavy atom. The monoisotopic (exact) mass is 368 g/mol. The highest BCUT2D eigenvalue weighted by Gasteiger charge is 2.33. The number of aromatic amines is 1. The van der Waals surface area contributed by atoms with E-state index in [-0.39, 0.29) is 17.1 Å². The Labute approximate surface area is 150 Å². The molecule has 3 rings (SSSR count). The average molecular weight is 369 g/mol. The number of likely N-dealkylation sites (tertiary alicyclic amines) is 1. The molecule has 0 radical (unpaired) electrons. The molecule has 0 bridgehead atoms. The van der Waals surface area contributed by atoms with E-state index in [4.69, 9.17) is 32.7 Å². The normalized spacial score (nSPS) is 17.2. The van der Waals surface area contributed by atoms with Crippen molar-refractivity contribution in [2.75, 3.05) is 20.8 Å². The lowest BCUT2D eigenvalue weighted by Gasteiger charge is -2.26. The molecule has 1 aromatic carbocycles. The molecule has 2 aromatic rings. The predicted octanol–water partition coefficient (Wildman–Crippen LogP) is 4.32. The maximum absolute atomic E-state index is 12.9. The molecule has 1 atom stereocenters. The summed E-state index contributed by atoms with van der Waals surface area (Å²) in [5.41, 5.74) is 1.32. The van der Waals surface area contributed by atoms with Crippen LogP contribution in [-0.2, 0) is 0 Å². The summed E-state index contributed by atoms with van der Waals surface area (Å²) in [4.78, 5) is 17.5. The first-order chi connectivity index (χ1) is 11.5. The second-order valence-corrected chi connectivity index (χ2v) is 6.39. The molecule has 1 amide bonds. The standard InChI is InChI=1S/C17H18Cl2N2O3/c1-23-10-5-6-15(24-2)11(8-10)14-4-3-7-21(14)17(22)13-9-12(18)16(19)20-13/h5-6,8-9,14,20H,3-4,7H2,1-2H3. The number of nitrogens with one attached hydrogen (secondary N) is 1. The number of hydrogen-bond acceptors (Lipinski definition) is 3. The molecule has 24 heavy (non-hydrogen) atoms. The fourth-order valence-electron chi connectivity index (χ4n) is 3.11. The Bertz CT molecular complexity index is 741. The van der Waals surface area contributed by atoms with Gasteiger partial charge in [0, 0.05) is 12.1 Å². The van der Waals surface area contributed by atoms with Gasteiger partial charge in [-0.25, -0.2) is 0 Å². The minimum absolute atomic E-state index is 0.0802. The number of amides is 1. The number of halogens is 2. The third kappa shape index (κ3) is 3.06. The van der Waals surface area contributed by atoms with Crippen LogP contribution in [0.5, 0.6) is 11.5 Å². The summed E-state index contributed by atoms with van der Waals surface area (Å²) in [6.07, 6.45) is 1.77. The number of hydrogen-bond donors (Lipinski definition) is 1. The molecular formula is C17H18Cl2N2O3. The molecule has 2 heterocycles. The molecule has 1 unspecified atom stereocenters. The highest BCUT2D eigenvalue weighted by molar-refractivity contribution is 6.41. The van der Waals surface area contributed by atoms with Crippen molar-refractivity contribution in [2.24, 2.45) is 0 Å². The second kappa shape index (κ2) is 6.95. The molecule has 0 saturated carbocycles. The molecule has 1 aromatic heterocycles. The zero-order valence-corrected chi connectivity index (χ0v) is 14.9. The number of benzene rings is 1. The van der Waals surface area contributed by atoms with Crippen molar-refractivity contribution >= 4 is 29.1 Å². The molecule has 1 N–H and O–H groups in total. The van der Waals surface area contributed by atoms with Crippen LogP contribution in [0, 0.1) is 0 Å². The minimum atomic E-state index is -0.129. The maximum Gasteiger partial charge on any atom is 0.270 e. The lowest BCUT2D eigenvalue weighted by molar-refractivity contribution is 0.0728. The Hall–Kier alpha value is -1.85. The summed E-state index contributed by atoms with van der Waals surface area (Å²) in [7, 11) is 3.24. The summed E-state index contributed by atoms with van der Waals surface area (Å²) >= 11 is 11.9. The van der Waals surface area contributed by atoms with Gasteiger partial charge in [0.15, 0.2) is 0 Å². The molecule has 1 fully saturated rings. The molecule has 5 nitrogen and oxygen atoms in total. The number of methoxy groups -OCH3 is 2. The summed E-state index contributed by atoms with van der Waals surface area (Å²) in [5, 5.41) is 0.615. The van der Waals surface area contributed by atoms with Crippen molar-refractivity contribution in [1.29, 1.82) is 0 Å². The van der Waals surface area contributed by atoms with Crippen molar-refractivity contribution in [3.8, 4) is 11.5 Å². The molecular weight excluding hydrogens is 351 g/mol. The van der Waals surface area contributed by atoms with Crippen LogP contribution in [0.25, 0.3) is 0 Å². The first-order valence-corrected chi connectivity index (χ1v) is 8.37. The van der Waals surface area contributed by atoms with Crippen LogP contribution < -0.4 is 9.47 Å². The number of aromatic nitrogens is 1. The van der Waals surface area contributed by atoms with E-state index in [9.17, 15) is 4.79 Å². The first kappa shape index (κ1) is 17.0. The van der Waals surface area contributed by atoms with E-state index in [1.807, 2.05) is 23.1 Å². The Morgan fingerprint density at radius 2 is 2.04 bits per heavy atom. The van der Waals surface area contributed by atoms with Crippen LogP contribution >= 0.6 is 23.2 Å². The van der Waals surface area contributed by atoms with Crippen molar-refractivity contribution in [3.05, 3.63) is 45.7 Å². The highest BCUT2D eigenvalue weighted by atomic mass is 35.5. The summed E-state index contributed by atoms with van der Waals surface area (Å²) in [5.74, 6) is 1.34. The van der Waals surface area contributed by atoms with Gasteiger partial charge < -0.3 is 19.4 Å². The van der Waals surface area contributed by atoms with E-state index in [0.29, 0.717) is 17.3 Å². The smallest absolute Gasteiger partial charge is 0.270 e. The van der Waals surface area contributed by atoms with Gasteiger partial charge in [0.25, 0.3) is 5.91 Å². The van der Waals surface area contributed by atoms with E-state index in [1.54, 1.807) is 20.3 Å². The largest absolute Gasteiger partial charge is 0.497 e. The van der Waals surface area contributed by atoms with Gasteiger partial charge in [0.2, 0.25) is 0 Å². The number of nitrogens with zero attached hydrogens (tertiary/aromatic N) is 1. The van der Waals surface area contributed by atoms with Gasteiger partial charge in [-0.05, 0) is 37.1 Å². The van der Waals surface area contributed by atoms with Gasteiger partial charge in [-0.1, -0.05) is 23.2 Å². The van der Waals surface area contributed by atoms with Crippen molar-refractivity contribution < 1.29 is 14.3 Å². The number of H-pyrrole nitrogens is 1. The van der Waals surface area contributed by atoms with E-state index in [0.717, 1.165) is 29.9 Å². The van der Waals surface area contributed by atoms with Gasteiger partial charge in [0.1, 0.15) is 22.3 Å². The second-order valence-electron chi connectivity index (χ2n) is 5.61. The molecule has 128 valence electrons.